The van der Waals surface area contributed by atoms with Gasteiger partial charge in [0.15, 0.2) is 17.3 Å². The molecule has 0 radical (unpaired) electrons. The summed E-state index contributed by atoms with van der Waals surface area (Å²) < 4.78 is 50.2. The summed E-state index contributed by atoms with van der Waals surface area (Å²) in [6.07, 6.45) is 1.50. The molecule has 2 aromatic rings. The van der Waals surface area contributed by atoms with E-state index in [-0.39, 0.29) is 41.1 Å². The first-order valence-electron chi connectivity index (χ1n) is 9.13. The van der Waals surface area contributed by atoms with E-state index in [4.69, 9.17) is 18.9 Å². The lowest BCUT2D eigenvalue weighted by Gasteiger charge is -2.19. The molecule has 1 aliphatic rings. The summed E-state index contributed by atoms with van der Waals surface area (Å²) in [7, 11) is 1.82. The van der Waals surface area contributed by atoms with Crippen molar-refractivity contribution in [3.05, 3.63) is 41.5 Å². The van der Waals surface area contributed by atoms with Gasteiger partial charge in [-0.1, -0.05) is 0 Å². The molecule has 166 valence electrons. The Bertz CT molecular complexity index is 1130. The highest BCUT2D eigenvalue weighted by atomic mass is 32.2. The molecule has 0 aliphatic carbocycles. The van der Waals surface area contributed by atoms with Gasteiger partial charge < -0.3 is 24.1 Å². The van der Waals surface area contributed by atoms with Crippen molar-refractivity contribution >= 4 is 22.1 Å². The summed E-state index contributed by atoms with van der Waals surface area (Å²) in [4.78, 5) is -0.0466. The fourth-order valence-corrected chi connectivity index (χ4v) is 4.32. The van der Waals surface area contributed by atoms with Crippen molar-refractivity contribution in [2.75, 3.05) is 41.6 Å². The van der Waals surface area contributed by atoms with Crippen LogP contribution in [-0.4, -0.2) is 72.2 Å². The van der Waals surface area contributed by atoms with Crippen LogP contribution in [0.4, 0.5) is 0 Å². The van der Waals surface area contributed by atoms with Crippen molar-refractivity contribution in [2.24, 2.45) is 9.50 Å². The van der Waals surface area contributed by atoms with Gasteiger partial charge in [0.2, 0.25) is 0 Å². The molecule has 31 heavy (non-hydrogen) atoms. The maximum absolute atomic E-state index is 12.8. The van der Waals surface area contributed by atoms with Crippen molar-refractivity contribution in [1.29, 1.82) is 0 Å². The number of hydrogen-bond donors (Lipinski definition) is 1. The van der Waals surface area contributed by atoms with Crippen molar-refractivity contribution in [3.63, 3.8) is 0 Å². The van der Waals surface area contributed by atoms with Gasteiger partial charge in [-0.05, 0) is 29.8 Å². The average Bonchev–Trinajstić information content (AvgIpc) is 3.04. The molecule has 0 amide bonds. The first-order chi connectivity index (χ1) is 14.8. The summed E-state index contributed by atoms with van der Waals surface area (Å²) in [5.74, 6) is 0.945. The fraction of sp³-hybridized carbons (Fsp3) is 0.300. The number of benzene rings is 2. The topological polar surface area (TPSA) is 119 Å². The largest absolute Gasteiger partial charge is 0.504 e. The van der Waals surface area contributed by atoms with E-state index in [1.54, 1.807) is 18.2 Å². The zero-order chi connectivity index (χ0) is 22.6. The van der Waals surface area contributed by atoms with Gasteiger partial charge in [0, 0.05) is 18.7 Å². The number of aromatic hydroxyl groups is 1. The summed E-state index contributed by atoms with van der Waals surface area (Å²) in [6, 6.07) is 7.77. The van der Waals surface area contributed by atoms with Gasteiger partial charge in [-0.3, -0.25) is 0 Å². The van der Waals surface area contributed by atoms with E-state index in [9.17, 15) is 13.5 Å². The Kier molecular flexibility index (Phi) is 6.66. The zero-order valence-electron chi connectivity index (χ0n) is 17.5. The van der Waals surface area contributed by atoms with Gasteiger partial charge in [-0.25, -0.2) is 5.01 Å². The van der Waals surface area contributed by atoms with Gasteiger partial charge in [-0.2, -0.15) is 13.5 Å². The molecule has 0 fully saturated rings. The van der Waals surface area contributed by atoms with Crippen LogP contribution in [0.5, 0.6) is 23.0 Å². The number of amidine groups is 1. The number of phenols is 1. The van der Waals surface area contributed by atoms with Crippen molar-refractivity contribution < 1.29 is 32.5 Å². The Hall–Kier alpha value is -3.31. The molecule has 11 heteroatoms. The third-order valence-corrected chi connectivity index (χ3v) is 5.84. The zero-order valence-corrected chi connectivity index (χ0v) is 18.3. The average molecular weight is 449 g/mol. The van der Waals surface area contributed by atoms with Crippen LogP contribution in [0, 0.1) is 0 Å². The standard InChI is InChI=1S/C20H23N3O7S/c1-27-8-7-23(21-12-13-5-6-16(24)17(9-13)29-3)20-15-10-14(28-2)11-18(30-4)19(15)31(25,26)22-20/h5-6,9-12,24H,7-8H2,1-4H3. The van der Waals surface area contributed by atoms with Crippen LogP contribution in [0.25, 0.3) is 0 Å². The van der Waals surface area contributed by atoms with E-state index >= 15 is 0 Å². The first kappa shape index (κ1) is 22.4. The molecule has 1 heterocycles. The number of nitrogens with zero attached hydrogens (tertiary/aromatic N) is 3. The number of phenolic OH excluding ortho intramolecular Hbond substituents is 1. The van der Waals surface area contributed by atoms with Crippen molar-refractivity contribution in [1.82, 2.24) is 5.01 Å². The van der Waals surface area contributed by atoms with Crippen LogP contribution in [-0.2, 0) is 14.8 Å². The summed E-state index contributed by atoms with van der Waals surface area (Å²) in [6.45, 7) is 0.501. The van der Waals surface area contributed by atoms with E-state index in [0.29, 0.717) is 16.9 Å². The molecule has 0 saturated heterocycles. The Morgan fingerprint density at radius 3 is 2.45 bits per heavy atom. The maximum Gasteiger partial charge on any atom is 0.288 e. The molecule has 3 rings (SSSR count). The van der Waals surface area contributed by atoms with E-state index in [2.05, 4.69) is 9.50 Å². The second kappa shape index (κ2) is 9.23. The van der Waals surface area contributed by atoms with Crippen LogP contribution in [0.2, 0.25) is 0 Å². The van der Waals surface area contributed by atoms with E-state index in [0.717, 1.165) is 0 Å². The summed E-state index contributed by atoms with van der Waals surface area (Å²) in [5.41, 5.74) is 0.940. The predicted molar refractivity (Wildman–Crippen MR) is 114 cm³/mol. The van der Waals surface area contributed by atoms with E-state index in [1.807, 2.05) is 0 Å². The first-order valence-corrected chi connectivity index (χ1v) is 10.6. The normalized spacial score (nSPS) is 14.3. The van der Waals surface area contributed by atoms with Crippen LogP contribution in [0.15, 0.2) is 44.7 Å². The molecule has 0 saturated carbocycles. The number of methoxy groups -OCH3 is 4. The van der Waals surface area contributed by atoms with Gasteiger partial charge >= 0.3 is 0 Å². The van der Waals surface area contributed by atoms with Gasteiger partial charge in [0.25, 0.3) is 10.0 Å². The fourth-order valence-electron chi connectivity index (χ4n) is 2.98. The molecular weight excluding hydrogens is 426 g/mol. The summed E-state index contributed by atoms with van der Waals surface area (Å²) in [5, 5.41) is 15.6. The third-order valence-electron chi connectivity index (χ3n) is 4.49. The van der Waals surface area contributed by atoms with Crippen LogP contribution >= 0.6 is 0 Å². The second-order valence-corrected chi connectivity index (χ2v) is 7.93. The lowest BCUT2D eigenvalue weighted by molar-refractivity contribution is 0.178. The molecule has 0 bridgehead atoms. The third kappa shape index (κ3) is 4.57. The van der Waals surface area contributed by atoms with Gasteiger partial charge in [-0.15, -0.1) is 4.40 Å². The van der Waals surface area contributed by atoms with Crippen LogP contribution in [0.1, 0.15) is 11.1 Å². The maximum atomic E-state index is 12.8. The molecule has 0 atom stereocenters. The lowest BCUT2D eigenvalue weighted by Crippen LogP contribution is -2.29. The highest BCUT2D eigenvalue weighted by Gasteiger charge is 2.36. The minimum atomic E-state index is -3.99. The molecule has 1 aliphatic heterocycles. The number of sulfonamides is 1. The SMILES string of the molecule is COCCN(N=Cc1ccc(O)c(OC)c1)C1=NS(=O)(=O)c2c(OC)cc(OC)cc21. The van der Waals surface area contributed by atoms with Crippen LogP contribution < -0.4 is 14.2 Å². The van der Waals surface area contributed by atoms with Crippen molar-refractivity contribution in [2.45, 2.75) is 4.90 Å². The molecule has 0 aromatic heterocycles. The quantitative estimate of drug-likeness (QED) is 0.479. The molecule has 2 aromatic carbocycles. The molecule has 0 spiro atoms. The highest BCUT2D eigenvalue weighted by molar-refractivity contribution is 7.90. The molecular formula is C20H23N3O7S. The second-order valence-electron chi connectivity index (χ2n) is 6.39. The number of hydrazone groups is 1. The lowest BCUT2D eigenvalue weighted by atomic mass is 10.1. The minimum absolute atomic E-state index is 0.00438. The van der Waals surface area contributed by atoms with Gasteiger partial charge in [0.05, 0.1) is 40.7 Å². The Morgan fingerprint density at radius 1 is 1.06 bits per heavy atom. The van der Waals surface area contributed by atoms with Crippen molar-refractivity contribution in [3.8, 4) is 23.0 Å². The predicted octanol–water partition coefficient (Wildman–Crippen LogP) is 1.85. The number of ether oxygens (including phenoxy) is 4. The van der Waals surface area contributed by atoms with Crippen LogP contribution in [0.3, 0.4) is 0 Å². The monoisotopic (exact) mass is 449 g/mol. The van der Waals surface area contributed by atoms with Gasteiger partial charge in [0.1, 0.15) is 16.4 Å². The summed E-state index contributed by atoms with van der Waals surface area (Å²) >= 11 is 0. The Labute approximate surface area is 180 Å². The molecule has 10 nitrogen and oxygen atoms in total. The molecule has 1 N–H and O–H groups in total. The number of fused-ring (bicyclic) bond motifs is 1. The number of hydrogen-bond acceptors (Lipinski definition) is 9. The Morgan fingerprint density at radius 2 is 1.81 bits per heavy atom. The van der Waals surface area contributed by atoms with E-state index in [1.165, 1.54) is 51.8 Å². The van der Waals surface area contributed by atoms with E-state index < -0.39 is 10.0 Å². The smallest absolute Gasteiger partial charge is 0.288 e. The Balaban J connectivity index is 2.06. The molecule has 0 unspecified atom stereocenters. The highest BCUT2D eigenvalue weighted by Crippen LogP contribution is 2.38. The minimum Gasteiger partial charge on any atom is -0.504 e. The number of rotatable bonds is 8.